The Morgan fingerprint density at radius 2 is 1.82 bits per heavy atom. The number of carbonyl (C=O) groups excluding carboxylic acids is 1. The maximum Gasteiger partial charge on any atom is 0.258 e. The molecule has 0 saturated carbocycles. The van der Waals surface area contributed by atoms with Crippen LogP contribution in [-0.4, -0.2) is 55.4 Å². The molecule has 1 aliphatic heterocycles. The molecule has 4 rings (SSSR count). The molecule has 1 atom stereocenters. The first-order valence-electron chi connectivity index (χ1n) is 11.4. The summed E-state index contributed by atoms with van der Waals surface area (Å²) in [6, 6.07) is 17.3. The van der Waals surface area contributed by atoms with Gasteiger partial charge in [-0.2, -0.15) is 0 Å². The Kier molecular flexibility index (Phi) is 7.29. The van der Waals surface area contributed by atoms with Crippen molar-refractivity contribution in [3.8, 4) is 17.0 Å². The molecule has 33 heavy (non-hydrogen) atoms. The Morgan fingerprint density at radius 3 is 2.52 bits per heavy atom. The normalized spacial score (nSPS) is 14.7. The van der Waals surface area contributed by atoms with Crippen LogP contribution in [0.15, 0.2) is 59.1 Å². The standard InChI is InChI=1S/C26H31N3O4/c1-4-19(2)29(25(30)21-12-8-9-13-23(21)31-3)18-22-24(20-10-6-5-7-11-20)27-33-26(22)28-14-16-32-17-15-28/h5-13,19H,4,14-18H2,1-3H3/t19-/m1/s1. The van der Waals surface area contributed by atoms with E-state index in [1.807, 2.05) is 59.5 Å². The van der Waals surface area contributed by atoms with Gasteiger partial charge in [0, 0.05) is 24.7 Å². The first-order chi connectivity index (χ1) is 16.1. The zero-order chi connectivity index (χ0) is 23.2. The average Bonchev–Trinajstić information content (AvgIpc) is 3.31. The fourth-order valence-corrected chi connectivity index (χ4v) is 4.08. The van der Waals surface area contributed by atoms with Crippen LogP contribution < -0.4 is 9.64 Å². The highest BCUT2D eigenvalue weighted by Crippen LogP contribution is 2.34. The van der Waals surface area contributed by atoms with Gasteiger partial charge in [0.25, 0.3) is 5.91 Å². The van der Waals surface area contributed by atoms with Gasteiger partial charge in [0.1, 0.15) is 11.4 Å². The molecule has 0 spiro atoms. The third-order valence-corrected chi connectivity index (χ3v) is 6.16. The molecule has 7 heteroatoms. The van der Waals surface area contributed by atoms with Gasteiger partial charge < -0.3 is 23.8 Å². The van der Waals surface area contributed by atoms with Gasteiger partial charge in [-0.05, 0) is 25.5 Å². The number of hydrogen-bond donors (Lipinski definition) is 0. The van der Waals surface area contributed by atoms with E-state index in [9.17, 15) is 4.79 Å². The third kappa shape index (κ3) is 4.88. The topological polar surface area (TPSA) is 68.0 Å². The third-order valence-electron chi connectivity index (χ3n) is 6.16. The summed E-state index contributed by atoms with van der Waals surface area (Å²) in [4.78, 5) is 17.8. The molecule has 3 aromatic rings. The zero-order valence-corrected chi connectivity index (χ0v) is 19.5. The highest BCUT2D eigenvalue weighted by Gasteiger charge is 2.30. The van der Waals surface area contributed by atoms with E-state index >= 15 is 0 Å². The number of morpholine rings is 1. The van der Waals surface area contributed by atoms with Crippen molar-refractivity contribution in [1.82, 2.24) is 10.1 Å². The minimum Gasteiger partial charge on any atom is -0.496 e. The van der Waals surface area contributed by atoms with E-state index in [-0.39, 0.29) is 11.9 Å². The van der Waals surface area contributed by atoms with Crippen LogP contribution in [0.4, 0.5) is 5.88 Å². The van der Waals surface area contributed by atoms with Crippen molar-refractivity contribution in [3.05, 3.63) is 65.7 Å². The molecule has 7 nitrogen and oxygen atoms in total. The summed E-state index contributed by atoms with van der Waals surface area (Å²) in [5.74, 6) is 1.20. The molecular weight excluding hydrogens is 418 g/mol. The SMILES string of the molecule is CC[C@@H](C)N(Cc1c(-c2ccccc2)noc1N1CCOCC1)C(=O)c1ccccc1OC. The fourth-order valence-electron chi connectivity index (χ4n) is 4.08. The smallest absolute Gasteiger partial charge is 0.258 e. The van der Waals surface area contributed by atoms with Crippen molar-refractivity contribution >= 4 is 11.8 Å². The number of anilines is 1. The number of rotatable bonds is 8. The molecule has 1 amide bonds. The first-order valence-corrected chi connectivity index (χ1v) is 11.4. The maximum atomic E-state index is 13.7. The monoisotopic (exact) mass is 449 g/mol. The lowest BCUT2D eigenvalue weighted by atomic mass is 10.0. The van der Waals surface area contributed by atoms with Crippen molar-refractivity contribution in [3.63, 3.8) is 0 Å². The number of aromatic nitrogens is 1. The van der Waals surface area contributed by atoms with Gasteiger partial charge in [0.15, 0.2) is 0 Å². The molecule has 0 N–H and O–H groups in total. The van der Waals surface area contributed by atoms with E-state index in [1.54, 1.807) is 7.11 Å². The second-order valence-electron chi connectivity index (χ2n) is 8.17. The summed E-state index contributed by atoms with van der Waals surface area (Å²) >= 11 is 0. The highest BCUT2D eigenvalue weighted by atomic mass is 16.5. The van der Waals surface area contributed by atoms with Crippen LogP contribution in [-0.2, 0) is 11.3 Å². The predicted molar refractivity (Wildman–Crippen MR) is 128 cm³/mol. The summed E-state index contributed by atoms with van der Waals surface area (Å²) in [7, 11) is 1.59. The molecule has 2 aromatic carbocycles. The Bertz CT molecular complexity index is 1060. The largest absolute Gasteiger partial charge is 0.496 e. The van der Waals surface area contributed by atoms with E-state index in [0.29, 0.717) is 37.0 Å². The lowest BCUT2D eigenvalue weighted by Gasteiger charge is -2.31. The number of para-hydroxylation sites is 1. The summed E-state index contributed by atoms with van der Waals surface area (Å²) < 4.78 is 16.9. The molecule has 174 valence electrons. The van der Waals surface area contributed by atoms with Gasteiger partial charge in [-0.3, -0.25) is 4.79 Å². The van der Waals surface area contributed by atoms with Gasteiger partial charge in [0.2, 0.25) is 5.88 Å². The molecule has 0 bridgehead atoms. The van der Waals surface area contributed by atoms with Gasteiger partial charge in [-0.1, -0.05) is 54.5 Å². The van der Waals surface area contributed by atoms with Crippen LogP contribution in [0, 0.1) is 0 Å². The second-order valence-corrected chi connectivity index (χ2v) is 8.17. The number of benzene rings is 2. The van der Waals surface area contributed by atoms with Gasteiger partial charge in [-0.15, -0.1) is 0 Å². The Hall–Kier alpha value is -3.32. The van der Waals surface area contributed by atoms with Crippen LogP contribution in [0.5, 0.6) is 5.75 Å². The van der Waals surface area contributed by atoms with E-state index in [1.165, 1.54) is 0 Å². The van der Waals surface area contributed by atoms with E-state index in [0.717, 1.165) is 36.3 Å². The maximum absolute atomic E-state index is 13.7. The molecule has 2 heterocycles. The van der Waals surface area contributed by atoms with E-state index in [4.69, 9.17) is 14.0 Å². The van der Waals surface area contributed by atoms with E-state index < -0.39 is 0 Å². The van der Waals surface area contributed by atoms with Crippen molar-refractivity contribution < 1.29 is 18.8 Å². The summed E-state index contributed by atoms with van der Waals surface area (Å²) in [6.07, 6.45) is 0.819. The van der Waals surface area contributed by atoms with Gasteiger partial charge in [-0.25, -0.2) is 0 Å². The summed E-state index contributed by atoms with van der Waals surface area (Å²) in [6.45, 7) is 7.25. The molecule has 0 unspecified atom stereocenters. The van der Waals surface area contributed by atoms with Crippen molar-refractivity contribution in [2.45, 2.75) is 32.9 Å². The lowest BCUT2D eigenvalue weighted by Crippen LogP contribution is -2.40. The summed E-state index contributed by atoms with van der Waals surface area (Å²) in [5, 5.41) is 4.45. The molecular formula is C26H31N3O4. The summed E-state index contributed by atoms with van der Waals surface area (Å²) in [5.41, 5.74) is 3.18. The van der Waals surface area contributed by atoms with Crippen LogP contribution in [0.1, 0.15) is 36.2 Å². The minimum absolute atomic E-state index is 0.0125. The average molecular weight is 450 g/mol. The van der Waals surface area contributed by atoms with Gasteiger partial charge >= 0.3 is 0 Å². The molecule has 0 aliphatic carbocycles. The predicted octanol–water partition coefficient (Wildman–Crippen LogP) is 4.63. The number of amides is 1. The number of carbonyl (C=O) groups is 1. The van der Waals surface area contributed by atoms with Crippen molar-refractivity contribution in [1.29, 1.82) is 0 Å². The molecule has 1 aromatic heterocycles. The Labute approximate surface area is 194 Å². The van der Waals surface area contributed by atoms with Crippen LogP contribution >= 0.6 is 0 Å². The zero-order valence-electron chi connectivity index (χ0n) is 19.5. The Morgan fingerprint density at radius 1 is 1.12 bits per heavy atom. The lowest BCUT2D eigenvalue weighted by molar-refractivity contribution is 0.0668. The minimum atomic E-state index is -0.0741. The van der Waals surface area contributed by atoms with E-state index in [2.05, 4.69) is 23.9 Å². The van der Waals surface area contributed by atoms with Crippen molar-refractivity contribution in [2.75, 3.05) is 38.3 Å². The second kappa shape index (κ2) is 10.5. The molecule has 1 fully saturated rings. The first kappa shape index (κ1) is 22.9. The number of methoxy groups -OCH3 is 1. The number of nitrogens with zero attached hydrogens (tertiary/aromatic N) is 3. The van der Waals surface area contributed by atoms with Crippen LogP contribution in [0.3, 0.4) is 0 Å². The number of hydrogen-bond acceptors (Lipinski definition) is 6. The number of ether oxygens (including phenoxy) is 2. The quantitative estimate of drug-likeness (QED) is 0.500. The molecule has 1 saturated heterocycles. The van der Waals surface area contributed by atoms with Crippen LogP contribution in [0.25, 0.3) is 11.3 Å². The Balaban J connectivity index is 1.76. The van der Waals surface area contributed by atoms with Crippen LogP contribution in [0.2, 0.25) is 0 Å². The van der Waals surface area contributed by atoms with Crippen molar-refractivity contribution in [2.24, 2.45) is 0 Å². The molecule has 0 radical (unpaired) electrons. The highest BCUT2D eigenvalue weighted by molar-refractivity contribution is 5.97. The van der Waals surface area contributed by atoms with Gasteiger partial charge in [0.05, 0.1) is 38.0 Å². The molecule has 1 aliphatic rings. The fraction of sp³-hybridized carbons (Fsp3) is 0.385.